The average Bonchev–Trinajstić information content (AvgIpc) is 3.24. The molecule has 4 heteroatoms. The molecule has 3 rings (SSSR count). The maximum absolute atomic E-state index is 10.2. The number of fused-ring (bicyclic) bond motifs is 1. The van der Waals surface area contributed by atoms with Crippen molar-refractivity contribution in [1.29, 1.82) is 0 Å². The van der Waals surface area contributed by atoms with Crippen LogP contribution in [0.2, 0.25) is 0 Å². The molecule has 0 radical (unpaired) electrons. The Kier molecular flexibility index (Phi) is 7.36. The highest BCUT2D eigenvalue weighted by Gasteiger charge is 2.12. The van der Waals surface area contributed by atoms with Gasteiger partial charge in [-0.2, -0.15) is 0 Å². The molecule has 2 N–H and O–H groups in total. The van der Waals surface area contributed by atoms with Gasteiger partial charge in [0.25, 0.3) is 0 Å². The summed E-state index contributed by atoms with van der Waals surface area (Å²) in [4.78, 5) is 12.1. The summed E-state index contributed by atoms with van der Waals surface area (Å²) >= 11 is 0. The third kappa shape index (κ3) is 4.39. The summed E-state index contributed by atoms with van der Waals surface area (Å²) in [7, 11) is 0. The standard InChI is InChI=1S/C22H23N3O.C2H2/c1-4-6-7-8-15(3)21-22(25-14-24-21)16-9-10-19-18(13-16)17(11-12-23-19)20(26)5-2;1-2/h5-14,26H,4H2,1-3H3,(H,24,25);1-2H/b7-6-,15-8+,20-5-;. The summed E-state index contributed by atoms with van der Waals surface area (Å²) in [6.45, 7) is 5.98. The van der Waals surface area contributed by atoms with E-state index in [1.807, 2.05) is 31.2 Å². The van der Waals surface area contributed by atoms with E-state index in [4.69, 9.17) is 0 Å². The molecule has 2 heterocycles. The first-order chi connectivity index (χ1) is 13.7. The van der Waals surface area contributed by atoms with Crippen molar-refractivity contribution in [3.05, 3.63) is 72.4 Å². The zero-order chi connectivity index (χ0) is 20.5. The molecule has 1 aromatic carbocycles. The second kappa shape index (κ2) is 9.94. The smallest absolute Gasteiger partial charge is 0.119 e. The molecule has 0 saturated carbocycles. The number of nitrogens with one attached hydrogen (secondary N) is 1. The van der Waals surface area contributed by atoms with Gasteiger partial charge in [-0.05, 0) is 50.1 Å². The lowest BCUT2D eigenvalue weighted by atomic mass is 10.0. The van der Waals surface area contributed by atoms with Gasteiger partial charge in [0.2, 0.25) is 0 Å². The van der Waals surface area contributed by atoms with Gasteiger partial charge in [0.1, 0.15) is 5.76 Å². The van der Waals surface area contributed by atoms with Gasteiger partial charge in [0.05, 0.1) is 23.2 Å². The number of imidazole rings is 1. The second-order valence-corrected chi connectivity index (χ2v) is 6.08. The number of allylic oxidation sites excluding steroid dienone is 5. The van der Waals surface area contributed by atoms with Crippen LogP contribution in [0.4, 0.5) is 0 Å². The molecule has 0 aliphatic rings. The minimum atomic E-state index is 0.250. The molecule has 0 unspecified atom stereocenters. The molecule has 142 valence electrons. The lowest BCUT2D eigenvalue weighted by Gasteiger charge is -2.08. The van der Waals surface area contributed by atoms with Crippen LogP contribution in [0.25, 0.3) is 33.5 Å². The molecular weight excluding hydrogens is 346 g/mol. The molecular formula is C24H25N3O. The highest BCUT2D eigenvalue weighted by atomic mass is 16.3. The fraction of sp³-hybridized carbons (Fsp3) is 0.167. The largest absolute Gasteiger partial charge is 0.508 e. The molecule has 2 aromatic heterocycles. The van der Waals surface area contributed by atoms with E-state index in [-0.39, 0.29) is 5.76 Å². The fourth-order valence-electron chi connectivity index (χ4n) is 2.92. The Bertz CT molecular complexity index is 1050. The normalized spacial score (nSPS) is 12.2. The highest BCUT2D eigenvalue weighted by molar-refractivity contribution is 5.93. The summed E-state index contributed by atoms with van der Waals surface area (Å²) in [6, 6.07) is 7.87. The zero-order valence-electron chi connectivity index (χ0n) is 16.5. The molecule has 3 aromatic rings. The van der Waals surface area contributed by atoms with Crippen molar-refractivity contribution in [3.8, 4) is 24.1 Å². The van der Waals surface area contributed by atoms with Crippen molar-refractivity contribution in [2.75, 3.05) is 0 Å². The number of aliphatic hydroxyl groups excluding tert-OH is 1. The van der Waals surface area contributed by atoms with E-state index in [0.717, 1.165) is 45.4 Å². The van der Waals surface area contributed by atoms with Crippen LogP contribution < -0.4 is 0 Å². The first kappa shape index (κ1) is 20.7. The number of nitrogens with zero attached hydrogens (tertiary/aromatic N) is 2. The molecule has 0 amide bonds. The minimum Gasteiger partial charge on any atom is -0.508 e. The molecule has 0 bridgehead atoms. The van der Waals surface area contributed by atoms with Crippen LogP contribution in [0.1, 0.15) is 38.4 Å². The maximum Gasteiger partial charge on any atom is 0.119 e. The van der Waals surface area contributed by atoms with E-state index < -0.39 is 0 Å². The Labute approximate surface area is 166 Å². The SMILES string of the molecule is C#C.C/C=C(\O)c1ccnc2ccc(-c3[nH]cnc3/C(C)=C/C=C\CC)cc12. The Morgan fingerprint density at radius 2 is 2.00 bits per heavy atom. The van der Waals surface area contributed by atoms with Crippen molar-refractivity contribution in [1.82, 2.24) is 15.0 Å². The molecule has 0 saturated heterocycles. The lowest BCUT2D eigenvalue weighted by molar-refractivity contribution is 0.511. The lowest BCUT2D eigenvalue weighted by Crippen LogP contribution is -1.91. The van der Waals surface area contributed by atoms with Crippen molar-refractivity contribution in [2.45, 2.75) is 27.2 Å². The van der Waals surface area contributed by atoms with Crippen LogP contribution in [0, 0.1) is 12.8 Å². The minimum absolute atomic E-state index is 0.250. The number of H-pyrrole nitrogens is 1. The second-order valence-electron chi connectivity index (χ2n) is 6.08. The molecule has 28 heavy (non-hydrogen) atoms. The molecule has 0 spiro atoms. The number of aromatic amines is 1. The number of hydrogen-bond acceptors (Lipinski definition) is 3. The van der Waals surface area contributed by atoms with Gasteiger partial charge in [0, 0.05) is 22.7 Å². The van der Waals surface area contributed by atoms with Gasteiger partial charge in [-0.1, -0.05) is 31.2 Å². The zero-order valence-corrected chi connectivity index (χ0v) is 16.5. The Hall–Kier alpha value is -3.58. The monoisotopic (exact) mass is 371 g/mol. The number of aromatic nitrogens is 3. The van der Waals surface area contributed by atoms with Gasteiger partial charge in [-0.25, -0.2) is 4.98 Å². The quantitative estimate of drug-likeness (QED) is 0.321. The highest BCUT2D eigenvalue weighted by Crippen LogP contribution is 2.30. The summed E-state index contributed by atoms with van der Waals surface area (Å²) in [6.07, 6.45) is 20.4. The predicted octanol–water partition coefficient (Wildman–Crippen LogP) is 6.16. The molecule has 0 aliphatic carbocycles. The summed E-state index contributed by atoms with van der Waals surface area (Å²) in [5.41, 5.74) is 5.60. The summed E-state index contributed by atoms with van der Waals surface area (Å²) in [5.74, 6) is 0.250. The van der Waals surface area contributed by atoms with Crippen LogP contribution in [0.5, 0.6) is 0 Å². The van der Waals surface area contributed by atoms with Crippen LogP contribution in [0.15, 0.2) is 61.1 Å². The third-order valence-corrected chi connectivity index (χ3v) is 4.31. The Balaban J connectivity index is 0.00000136. The number of hydrogen-bond donors (Lipinski definition) is 2. The van der Waals surface area contributed by atoms with Crippen molar-refractivity contribution < 1.29 is 5.11 Å². The van der Waals surface area contributed by atoms with Crippen molar-refractivity contribution in [2.24, 2.45) is 0 Å². The first-order valence-electron chi connectivity index (χ1n) is 9.11. The van der Waals surface area contributed by atoms with E-state index >= 15 is 0 Å². The van der Waals surface area contributed by atoms with Gasteiger partial charge in [-0.3, -0.25) is 4.98 Å². The molecule has 0 aliphatic heterocycles. The molecule has 4 nitrogen and oxygen atoms in total. The Morgan fingerprint density at radius 3 is 2.71 bits per heavy atom. The van der Waals surface area contributed by atoms with E-state index in [0.29, 0.717) is 0 Å². The molecule has 0 atom stereocenters. The van der Waals surface area contributed by atoms with E-state index in [9.17, 15) is 5.11 Å². The van der Waals surface area contributed by atoms with E-state index in [1.54, 1.807) is 18.6 Å². The number of pyridine rings is 1. The number of terminal acetylenes is 1. The molecule has 0 fully saturated rings. The average molecular weight is 371 g/mol. The Morgan fingerprint density at radius 1 is 1.21 bits per heavy atom. The number of aliphatic hydroxyl groups is 1. The first-order valence-corrected chi connectivity index (χ1v) is 9.11. The van der Waals surface area contributed by atoms with Gasteiger partial charge < -0.3 is 10.1 Å². The van der Waals surface area contributed by atoms with Crippen LogP contribution in [-0.4, -0.2) is 20.1 Å². The van der Waals surface area contributed by atoms with Crippen LogP contribution >= 0.6 is 0 Å². The maximum atomic E-state index is 10.2. The van der Waals surface area contributed by atoms with Crippen molar-refractivity contribution >= 4 is 22.2 Å². The summed E-state index contributed by atoms with van der Waals surface area (Å²) in [5, 5.41) is 11.1. The van der Waals surface area contributed by atoms with E-state index in [1.165, 1.54) is 0 Å². The van der Waals surface area contributed by atoms with Crippen molar-refractivity contribution in [3.63, 3.8) is 0 Å². The van der Waals surface area contributed by atoms with Crippen LogP contribution in [0.3, 0.4) is 0 Å². The topological polar surface area (TPSA) is 61.8 Å². The number of rotatable bonds is 5. The predicted molar refractivity (Wildman–Crippen MR) is 119 cm³/mol. The van der Waals surface area contributed by atoms with E-state index in [2.05, 4.69) is 59.9 Å². The van der Waals surface area contributed by atoms with Gasteiger partial charge >= 0.3 is 0 Å². The fourth-order valence-corrected chi connectivity index (χ4v) is 2.92. The number of benzene rings is 1. The van der Waals surface area contributed by atoms with Gasteiger partial charge in [0.15, 0.2) is 0 Å². The van der Waals surface area contributed by atoms with Crippen LogP contribution in [-0.2, 0) is 0 Å². The summed E-state index contributed by atoms with van der Waals surface area (Å²) < 4.78 is 0. The third-order valence-electron chi connectivity index (χ3n) is 4.31. The van der Waals surface area contributed by atoms with Gasteiger partial charge in [-0.15, -0.1) is 12.8 Å².